The third-order valence-electron chi connectivity index (χ3n) is 5.09. The molecule has 0 saturated carbocycles. The van der Waals surface area contributed by atoms with Crippen molar-refractivity contribution in [1.82, 2.24) is 9.97 Å². The summed E-state index contributed by atoms with van der Waals surface area (Å²) in [4.78, 5) is 32.4. The van der Waals surface area contributed by atoms with Gasteiger partial charge in [-0.25, -0.2) is 4.98 Å². The zero-order valence-corrected chi connectivity index (χ0v) is 18.4. The smallest absolute Gasteiger partial charge is 0.257 e. The first-order chi connectivity index (χ1) is 15.0. The van der Waals surface area contributed by atoms with Crippen LogP contribution in [0.15, 0.2) is 70.3 Å². The third kappa shape index (κ3) is 4.25. The monoisotopic (exact) mass is 430 g/mol. The average molecular weight is 431 g/mol. The highest BCUT2D eigenvalue weighted by atomic mass is 32.2. The zero-order valence-electron chi connectivity index (χ0n) is 17.6. The van der Waals surface area contributed by atoms with Gasteiger partial charge in [0.25, 0.3) is 5.22 Å². The number of ketones is 2. The van der Waals surface area contributed by atoms with Gasteiger partial charge >= 0.3 is 0 Å². The van der Waals surface area contributed by atoms with Gasteiger partial charge in [0.1, 0.15) is 5.69 Å². The lowest BCUT2D eigenvalue weighted by molar-refractivity contribution is 0.101. The van der Waals surface area contributed by atoms with Gasteiger partial charge in [0.15, 0.2) is 17.3 Å². The molecule has 0 spiro atoms. The molecular formula is C25H22N2O3S. The van der Waals surface area contributed by atoms with Crippen LogP contribution in [0.2, 0.25) is 0 Å². The number of hydrogen-bond donors (Lipinski definition) is 1. The summed E-state index contributed by atoms with van der Waals surface area (Å²) in [7, 11) is 0. The Balaban J connectivity index is 1.61. The van der Waals surface area contributed by atoms with Gasteiger partial charge < -0.3 is 9.40 Å². The van der Waals surface area contributed by atoms with Crippen LogP contribution in [-0.2, 0) is 0 Å². The van der Waals surface area contributed by atoms with E-state index in [0.29, 0.717) is 33.5 Å². The number of aryl methyl sites for hydroxylation is 1. The fraction of sp³-hybridized carbons (Fsp3) is 0.160. The number of nitrogens with zero attached hydrogens (tertiary/aromatic N) is 1. The molecule has 6 heteroatoms. The van der Waals surface area contributed by atoms with Crippen LogP contribution in [0.4, 0.5) is 0 Å². The molecule has 0 aliphatic heterocycles. The molecule has 4 aromatic rings. The van der Waals surface area contributed by atoms with Gasteiger partial charge in [-0.05, 0) is 26.3 Å². The van der Waals surface area contributed by atoms with E-state index in [1.54, 1.807) is 13.8 Å². The van der Waals surface area contributed by atoms with Crippen LogP contribution in [-0.4, -0.2) is 27.3 Å². The minimum Gasteiger partial charge on any atom is -0.431 e. The number of thioether (sulfide) groups is 1. The van der Waals surface area contributed by atoms with Crippen LogP contribution in [0.1, 0.15) is 39.0 Å². The maximum atomic E-state index is 12.8. The minimum atomic E-state index is -0.0983. The van der Waals surface area contributed by atoms with Gasteiger partial charge in [0.2, 0.25) is 0 Å². The normalized spacial score (nSPS) is 10.9. The van der Waals surface area contributed by atoms with Crippen LogP contribution < -0.4 is 0 Å². The molecule has 0 atom stereocenters. The SMILES string of the molecule is CC(=O)c1c(C)[nH]c(C(=O)CSc2nc(-c3ccccc3)c(-c3ccccc3)o2)c1C. The van der Waals surface area contributed by atoms with E-state index >= 15 is 0 Å². The Morgan fingerprint density at radius 2 is 1.58 bits per heavy atom. The van der Waals surface area contributed by atoms with Crippen molar-refractivity contribution in [2.24, 2.45) is 0 Å². The van der Waals surface area contributed by atoms with E-state index < -0.39 is 0 Å². The lowest BCUT2D eigenvalue weighted by Gasteiger charge is -2.00. The number of oxazole rings is 1. The molecular weight excluding hydrogens is 408 g/mol. The Labute approximate surface area is 184 Å². The topological polar surface area (TPSA) is 76.0 Å². The standard InChI is InChI=1S/C25H22N2O3S/c1-15-21(17(3)28)16(2)26-22(15)20(29)14-31-25-27-23(18-10-6-4-7-11-18)24(30-25)19-12-8-5-9-13-19/h4-13,26H,14H2,1-3H3. The summed E-state index contributed by atoms with van der Waals surface area (Å²) < 4.78 is 6.07. The third-order valence-corrected chi connectivity index (χ3v) is 5.91. The van der Waals surface area contributed by atoms with E-state index in [1.165, 1.54) is 18.7 Å². The van der Waals surface area contributed by atoms with Gasteiger partial charge in [-0.15, -0.1) is 0 Å². The molecule has 31 heavy (non-hydrogen) atoms. The highest BCUT2D eigenvalue weighted by molar-refractivity contribution is 7.99. The van der Waals surface area contributed by atoms with Crippen molar-refractivity contribution >= 4 is 23.3 Å². The number of rotatable bonds is 7. The number of carbonyl (C=O) groups is 2. The second-order valence-corrected chi connectivity index (χ2v) is 8.21. The van der Waals surface area contributed by atoms with Crippen molar-refractivity contribution in [3.63, 3.8) is 0 Å². The molecule has 2 aromatic carbocycles. The van der Waals surface area contributed by atoms with Crippen LogP contribution in [0.5, 0.6) is 0 Å². The van der Waals surface area contributed by atoms with Crippen LogP contribution in [0.3, 0.4) is 0 Å². The Hall–Kier alpha value is -3.38. The molecule has 2 heterocycles. The van der Waals surface area contributed by atoms with E-state index in [2.05, 4.69) is 9.97 Å². The molecule has 0 amide bonds. The second kappa shape index (κ2) is 8.78. The summed E-state index contributed by atoms with van der Waals surface area (Å²) in [5.74, 6) is 0.679. The van der Waals surface area contributed by atoms with Gasteiger partial charge in [-0.1, -0.05) is 72.4 Å². The predicted molar refractivity (Wildman–Crippen MR) is 123 cm³/mol. The maximum Gasteiger partial charge on any atom is 0.257 e. The molecule has 0 radical (unpaired) electrons. The first kappa shape index (κ1) is 20.9. The highest BCUT2D eigenvalue weighted by Gasteiger charge is 2.22. The highest BCUT2D eigenvalue weighted by Crippen LogP contribution is 2.35. The van der Waals surface area contributed by atoms with Crippen LogP contribution in [0.25, 0.3) is 22.6 Å². The number of aromatic nitrogens is 2. The molecule has 1 N–H and O–H groups in total. The fourth-order valence-corrected chi connectivity index (χ4v) is 4.39. The number of benzene rings is 2. The molecule has 156 valence electrons. The molecule has 0 bridgehead atoms. The van der Waals surface area contributed by atoms with Crippen molar-refractivity contribution in [3.05, 3.63) is 83.2 Å². The van der Waals surface area contributed by atoms with Crippen molar-refractivity contribution < 1.29 is 14.0 Å². The molecule has 5 nitrogen and oxygen atoms in total. The number of carbonyl (C=O) groups excluding carboxylic acids is 2. The van der Waals surface area contributed by atoms with Crippen LogP contribution >= 0.6 is 11.8 Å². The van der Waals surface area contributed by atoms with Crippen molar-refractivity contribution in [2.75, 3.05) is 5.75 Å². The molecule has 0 saturated heterocycles. The fourth-order valence-electron chi connectivity index (χ4n) is 3.70. The summed E-state index contributed by atoms with van der Waals surface area (Å²) >= 11 is 1.25. The number of aromatic amines is 1. The predicted octanol–water partition coefficient (Wildman–Crippen LogP) is 6.13. The average Bonchev–Trinajstić information content (AvgIpc) is 3.34. The van der Waals surface area contributed by atoms with Crippen molar-refractivity contribution in [1.29, 1.82) is 0 Å². The van der Waals surface area contributed by atoms with Crippen LogP contribution in [0, 0.1) is 13.8 Å². The lowest BCUT2D eigenvalue weighted by Crippen LogP contribution is -2.05. The largest absolute Gasteiger partial charge is 0.431 e. The summed E-state index contributed by atoms with van der Waals surface area (Å²) in [5, 5.41) is 0.429. The van der Waals surface area contributed by atoms with Gasteiger partial charge in [-0.3, -0.25) is 9.59 Å². The number of H-pyrrole nitrogens is 1. The Bertz CT molecular complexity index is 1180. The summed E-state index contributed by atoms with van der Waals surface area (Å²) in [5.41, 5.74) is 5.08. The minimum absolute atomic E-state index is 0.0503. The summed E-state index contributed by atoms with van der Waals surface area (Å²) in [6.07, 6.45) is 0. The van der Waals surface area contributed by atoms with E-state index in [4.69, 9.17) is 4.42 Å². The Kier molecular flexibility index (Phi) is 5.91. The number of Topliss-reactive ketones (excluding diaryl/α,β-unsaturated/α-hetero) is 2. The molecule has 0 aliphatic rings. The lowest BCUT2D eigenvalue weighted by atomic mass is 10.1. The van der Waals surface area contributed by atoms with Crippen molar-refractivity contribution in [2.45, 2.75) is 26.0 Å². The first-order valence-electron chi connectivity index (χ1n) is 9.93. The van der Waals surface area contributed by atoms with E-state index in [0.717, 1.165) is 16.8 Å². The molecule has 0 unspecified atom stereocenters. The van der Waals surface area contributed by atoms with E-state index in [9.17, 15) is 9.59 Å². The summed E-state index contributed by atoms with van der Waals surface area (Å²) in [6.45, 7) is 5.11. The Morgan fingerprint density at radius 3 is 2.16 bits per heavy atom. The molecule has 2 aromatic heterocycles. The molecule has 4 rings (SSSR count). The van der Waals surface area contributed by atoms with Gasteiger partial charge in [-0.2, -0.15) is 0 Å². The Morgan fingerprint density at radius 1 is 0.968 bits per heavy atom. The summed E-state index contributed by atoms with van der Waals surface area (Å²) in [6, 6.07) is 19.6. The number of hydrogen-bond acceptors (Lipinski definition) is 5. The number of nitrogens with one attached hydrogen (secondary N) is 1. The quantitative estimate of drug-likeness (QED) is 0.282. The second-order valence-electron chi connectivity index (χ2n) is 7.28. The molecule has 0 fully saturated rings. The molecule has 0 aliphatic carbocycles. The first-order valence-corrected chi connectivity index (χ1v) is 10.9. The van der Waals surface area contributed by atoms with Gasteiger partial charge in [0, 0.05) is 22.4 Å². The van der Waals surface area contributed by atoms with E-state index in [-0.39, 0.29) is 17.3 Å². The van der Waals surface area contributed by atoms with E-state index in [1.807, 2.05) is 60.7 Å². The maximum absolute atomic E-state index is 12.8. The van der Waals surface area contributed by atoms with Gasteiger partial charge in [0.05, 0.1) is 11.4 Å². The van der Waals surface area contributed by atoms with Crippen molar-refractivity contribution in [3.8, 4) is 22.6 Å². The zero-order chi connectivity index (χ0) is 22.0.